The van der Waals surface area contributed by atoms with E-state index in [4.69, 9.17) is 10.5 Å². The SMILES string of the molecule is COC(=O)c1cc(NCCc2ccncc2)ccc1N. The van der Waals surface area contributed by atoms with Crippen molar-refractivity contribution in [2.45, 2.75) is 6.42 Å². The molecule has 0 aliphatic heterocycles. The first kappa shape index (κ1) is 13.9. The van der Waals surface area contributed by atoms with Crippen molar-refractivity contribution < 1.29 is 9.53 Å². The van der Waals surface area contributed by atoms with Gasteiger partial charge >= 0.3 is 5.97 Å². The number of nitrogens with one attached hydrogen (secondary N) is 1. The van der Waals surface area contributed by atoms with Crippen molar-refractivity contribution in [3.05, 3.63) is 53.9 Å². The standard InChI is InChI=1S/C15H17N3O2/c1-20-15(19)13-10-12(2-3-14(13)16)18-9-6-11-4-7-17-8-5-11/h2-5,7-8,10,18H,6,9,16H2,1H3. The van der Waals surface area contributed by atoms with Crippen LogP contribution in [0, 0.1) is 0 Å². The zero-order chi connectivity index (χ0) is 14.4. The van der Waals surface area contributed by atoms with Crippen molar-refractivity contribution in [2.24, 2.45) is 0 Å². The third kappa shape index (κ3) is 3.47. The molecule has 0 fully saturated rings. The van der Waals surface area contributed by atoms with Gasteiger partial charge in [0.2, 0.25) is 0 Å². The van der Waals surface area contributed by atoms with E-state index in [9.17, 15) is 4.79 Å². The van der Waals surface area contributed by atoms with Crippen LogP contribution in [0.3, 0.4) is 0 Å². The van der Waals surface area contributed by atoms with Crippen LogP contribution in [0.15, 0.2) is 42.7 Å². The summed E-state index contributed by atoms with van der Waals surface area (Å²) in [6, 6.07) is 9.19. The molecule has 0 bridgehead atoms. The summed E-state index contributed by atoms with van der Waals surface area (Å²) < 4.78 is 4.69. The van der Waals surface area contributed by atoms with Gasteiger partial charge in [0.25, 0.3) is 0 Å². The molecule has 0 aliphatic carbocycles. The molecule has 1 heterocycles. The highest BCUT2D eigenvalue weighted by atomic mass is 16.5. The Morgan fingerprint density at radius 1 is 1.30 bits per heavy atom. The number of ether oxygens (including phenoxy) is 1. The summed E-state index contributed by atoms with van der Waals surface area (Å²) in [5, 5.41) is 3.26. The number of carbonyl (C=O) groups excluding carboxylic acids is 1. The summed E-state index contributed by atoms with van der Waals surface area (Å²) in [4.78, 5) is 15.5. The number of pyridine rings is 1. The van der Waals surface area contributed by atoms with Crippen LogP contribution < -0.4 is 11.1 Å². The minimum atomic E-state index is -0.430. The highest BCUT2D eigenvalue weighted by Crippen LogP contribution is 2.18. The number of rotatable bonds is 5. The van der Waals surface area contributed by atoms with Crippen LogP contribution in [0.5, 0.6) is 0 Å². The molecule has 0 radical (unpaired) electrons. The molecule has 2 rings (SSSR count). The number of anilines is 2. The van der Waals surface area contributed by atoms with Gasteiger partial charge < -0.3 is 15.8 Å². The summed E-state index contributed by atoms with van der Waals surface area (Å²) in [6.07, 6.45) is 4.42. The first-order chi connectivity index (χ1) is 9.70. The zero-order valence-corrected chi connectivity index (χ0v) is 11.3. The highest BCUT2D eigenvalue weighted by molar-refractivity contribution is 5.96. The lowest BCUT2D eigenvalue weighted by Crippen LogP contribution is -2.09. The Hall–Kier alpha value is -2.56. The van der Waals surface area contributed by atoms with E-state index in [1.54, 1.807) is 24.5 Å². The number of benzene rings is 1. The molecule has 3 N–H and O–H groups in total. The van der Waals surface area contributed by atoms with Crippen LogP contribution in [-0.4, -0.2) is 24.6 Å². The van der Waals surface area contributed by atoms with E-state index in [1.807, 2.05) is 18.2 Å². The Kier molecular flexibility index (Phi) is 4.55. The molecule has 0 unspecified atom stereocenters. The molecular formula is C15H17N3O2. The summed E-state index contributed by atoms with van der Waals surface area (Å²) in [5.41, 5.74) is 8.59. The number of nitrogen functional groups attached to an aromatic ring is 1. The normalized spacial score (nSPS) is 10.1. The van der Waals surface area contributed by atoms with Gasteiger partial charge in [0, 0.05) is 30.3 Å². The van der Waals surface area contributed by atoms with Crippen LogP contribution in [0.1, 0.15) is 15.9 Å². The van der Waals surface area contributed by atoms with Crippen molar-refractivity contribution in [1.29, 1.82) is 0 Å². The molecule has 0 saturated carbocycles. The largest absolute Gasteiger partial charge is 0.465 e. The summed E-state index contributed by atoms with van der Waals surface area (Å²) in [7, 11) is 1.34. The Morgan fingerprint density at radius 3 is 2.75 bits per heavy atom. The van der Waals surface area contributed by atoms with E-state index in [1.165, 1.54) is 12.7 Å². The molecule has 1 aromatic carbocycles. The number of methoxy groups -OCH3 is 1. The third-order valence-electron chi connectivity index (χ3n) is 2.95. The predicted octanol–water partition coefficient (Wildman–Crippen LogP) is 2.10. The van der Waals surface area contributed by atoms with Crippen molar-refractivity contribution in [3.63, 3.8) is 0 Å². The Bertz CT molecular complexity index is 585. The summed E-state index contributed by atoms with van der Waals surface area (Å²) in [5.74, 6) is -0.430. The van der Waals surface area contributed by atoms with Gasteiger partial charge in [-0.2, -0.15) is 0 Å². The quantitative estimate of drug-likeness (QED) is 0.643. The van der Waals surface area contributed by atoms with Gasteiger partial charge in [-0.3, -0.25) is 4.98 Å². The maximum absolute atomic E-state index is 11.5. The fourth-order valence-electron chi connectivity index (χ4n) is 1.85. The number of nitrogens with zero attached hydrogens (tertiary/aromatic N) is 1. The lowest BCUT2D eigenvalue weighted by atomic mass is 10.1. The monoisotopic (exact) mass is 271 g/mol. The molecule has 20 heavy (non-hydrogen) atoms. The van der Waals surface area contributed by atoms with Crippen LogP contribution in [0.25, 0.3) is 0 Å². The fourth-order valence-corrected chi connectivity index (χ4v) is 1.85. The highest BCUT2D eigenvalue weighted by Gasteiger charge is 2.10. The number of hydrogen-bond acceptors (Lipinski definition) is 5. The summed E-state index contributed by atoms with van der Waals surface area (Å²) >= 11 is 0. The molecule has 1 aromatic heterocycles. The van der Waals surface area contributed by atoms with Gasteiger partial charge in [-0.25, -0.2) is 4.79 Å². The molecule has 104 valence electrons. The molecule has 5 heteroatoms. The third-order valence-corrected chi connectivity index (χ3v) is 2.95. The maximum atomic E-state index is 11.5. The lowest BCUT2D eigenvalue weighted by molar-refractivity contribution is 0.0602. The second-order valence-electron chi connectivity index (χ2n) is 4.33. The zero-order valence-electron chi connectivity index (χ0n) is 11.3. The molecule has 0 saturated heterocycles. The molecule has 0 spiro atoms. The molecule has 0 atom stereocenters. The Morgan fingerprint density at radius 2 is 2.05 bits per heavy atom. The van der Waals surface area contributed by atoms with Crippen LogP contribution in [-0.2, 0) is 11.2 Å². The second-order valence-corrected chi connectivity index (χ2v) is 4.33. The summed E-state index contributed by atoms with van der Waals surface area (Å²) in [6.45, 7) is 0.758. The number of aromatic nitrogens is 1. The van der Waals surface area contributed by atoms with E-state index >= 15 is 0 Å². The van der Waals surface area contributed by atoms with Crippen LogP contribution >= 0.6 is 0 Å². The van der Waals surface area contributed by atoms with Gasteiger partial charge in [0.15, 0.2) is 0 Å². The van der Waals surface area contributed by atoms with Crippen molar-refractivity contribution in [1.82, 2.24) is 4.98 Å². The minimum Gasteiger partial charge on any atom is -0.465 e. The van der Waals surface area contributed by atoms with Gasteiger partial charge in [-0.05, 0) is 42.3 Å². The lowest BCUT2D eigenvalue weighted by Gasteiger charge is -2.09. The topological polar surface area (TPSA) is 77.2 Å². The number of esters is 1. The molecular weight excluding hydrogens is 254 g/mol. The number of nitrogens with two attached hydrogens (primary N) is 1. The Balaban J connectivity index is 1.98. The van der Waals surface area contributed by atoms with Crippen molar-refractivity contribution in [2.75, 3.05) is 24.7 Å². The van der Waals surface area contributed by atoms with Crippen LogP contribution in [0.2, 0.25) is 0 Å². The Labute approximate surface area is 117 Å². The van der Waals surface area contributed by atoms with E-state index in [-0.39, 0.29) is 0 Å². The van der Waals surface area contributed by atoms with Crippen LogP contribution in [0.4, 0.5) is 11.4 Å². The van der Waals surface area contributed by atoms with Gasteiger partial charge in [0.1, 0.15) is 0 Å². The van der Waals surface area contributed by atoms with Gasteiger partial charge in [-0.15, -0.1) is 0 Å². The van der Waals surface area contributed by atoms with E-state index in [2.05, 4.69) is 10.3 Å². The predicted molar refractivity (Wildman–Crippen MR) is 78.6 cm³/mol. The molecule has 2 aromatic rings. The first-order valence-corrected chi connectivity index (χ1v) is 6.31. The van der Waals surface area contributed by atoms with E-state index in [0.717, 1.165) is 18.7 Å². The van der Waals surface area contributed by atoms with Crippen molar-refractivity contribution >= 4 is 17.3 Å². The molecule has 5 nitrogen and oxygen atoms in total. The molecule has 0 amide bonds. The second kappa shape index (κ2) is 6.56. The van der Waals surface area contributed by atoms with Gasteiger partial charge in [-0.1, -0.05) is 0 Å². The first-order valence-electron chi connectivity index (χ1n) is 6.31. The maximum Gasteiger partial charge on any atom is 0.340 e. The van der Waals surface area contributed by atoms with E-state index < -0.39 is 5.97 Å². The van der Waals surface area contributed by atoms with Crippen molar-refractivity contribution in [3.8, 4) is 0 Å². The number of carbonyl (C=O) groups is 1. The van der Waals surface area contributed by atoms with E-state index in [0.29, 0.717) is 11.3 Å². The average molecular weight is 271 g/mol. The molecule has 0 aliphatic rings. The average Bonchev–Trinajstić information content (AvgIpc) is 2.49. The number of hydrogen-bond donors (Lipinski definition) is 2. The van der Waals surface area contributed by atoms with Gasteiger partial charge in [0.05, 0.1) is 12.7 Å². The fraction of sp³-hybridized carbons (Fsp3) is 0.200. The minimum absolute atomic E-state index is 0.376. The smallest absolute Gasteiger partial charge is 0.340 e.